The summed E-state index contributed by atoms with van der Waals surface area (Å²) in [6, 6.07) is 4.29. The van der Waals surface area contributed by atoms with Gasteiger partial charge >= 0.3 is 0 Å². The second-order valence-electron chi connectivity index (χ2n) is 3.74. The molecule has 14 heavy (non-hydrogen) atoms. The smallest absolute Gasteiger partial charge is 0.137 e. The molecule has 1 aromatic carbocycles. The Bertz CT molecular complexity index is 503. The summed E-state index contributed by atoms with van der Waals surface area (Å²) in [5.74, 6) is 0. The molecule has 0 N–H and O–H groups in total. The number of hydrogen-bond donors (Lipinski definition) is 0. The van der Waals surface area contributed by atoms with Crippen LogP contribution in [0.15, 0.2) is 18.3 Å². The van der Waals surface area contributed by atoms with Gasteiger partial charge < -0.3 is 0 Å². The molecular formula is C12H12ClN. The van der Waals surface area contributed by atoms with E-state index in [0.717, 1.165) is 5.39 Å². The number of halogens is 1. The van der Waals surface area contributed by atoms with Crippen molar-refractivity contribution in [1.29, 1.82) is 0 Å². The van der Waals surface area contributed by atoms with Gasteiger partial charge in [-0.1, -0.05) is 29.3 Å². The maximum Gasteiger partial charge on any atom is 0.137 e. The van der Waals surface area contributed by atoms with Crippen molar-refractivity contribution >= 4 is 22.4 Å². The van der Waals surface area contributed by atoms with E-state index in [2.05, 4.69) is 37.9 Å². The molecule has 0 fully saturated rings. The summed E-state index contributed by atoms with van der Waals surface area (Å²) >= 11 is 6.08. The first-order valence-electron chi connectivity index (χ1n) is 4.61. The van der Waals surface area contributed by atoms with E-state index < -0.39 is 0 Å². The number of rotatable bonds is 0. The number of hydrogen-bond acceptors (Lipinski definition) is 1. The monoisotopic (exact) mass is 205 g/mol. The van der Waals surface area contributed by atoms with Crippen LogP contribution >= 0.6 is 11.6 Å². The molecule has 0 aliphatic carbocycles. The molecule has 2 rings (SSSR count). The summed E-state index contributed by atoms with van der Waals surface area (Å²) < 4.78 is 0. The number of pyridine rings is 1. The van der Waals surface area contributed by atoms with E-state index in [0.29, 0.717) is 5.15 Å². The molecule has 0 aliphatic rings. The van der Waals surface area contributed by atoms with Gasteiger partial charge in [0.1, 0.15) is 5.15 Å². The van der Waals surface area contributed by atoms with Crippen LogP contribution in [0.1, 0.15) is 16.7 Å². The Morgan fingerprint density at radius 2 is 1.79 bits per heavy atom. The SMILES string of the molecule is Cc1cc(C)c2c(Cl)ncc(C)c2c1. The molecule has 0 aliphatic heterocycles. The number of aryl methyl sites for hydroxylation is 3. The van der Waals surface area contributed by atoms with Crippen molar-refractivity contribution in [2.24, 2.45) is 0 Å². The average Bonchev–Trinajstić information content (AvgIpc) is 2.10. The van der Waals surface area contributed by atoms with Gasteiger partial charge in [0.15, 0.2) is 0 Å². The summed E-state index contributed by atoms with van der Waals surface area (Å²) in [4.78, 5) is 4.16. The Kier molecular flexibility index (Phi) is 2.20. The van der Waals surface area contributed by atoms with Crippen LogP contribution in [0.5, 0.6) is 0 Å². The number of aromatic nitrogens is 1. The minimum atomic E-state index is 0.600. The van der Waals surface area contributed by atoms with Crippen LogP contribution in [0.4, 0.5) is 0 Å². The second kappa shape index (κ2) is 3.25. The fourth-order valence-electron chi connectivity index (χ4n) is 1.84. The van der Waals surface area contributed by atoms with Crippen LogP contribution < -0.4 is 0 Å². The maximum atomic E-state index is 6.08. The Balaban J connectivity index is 3.00. The Morgan fingerprint density at radius 1 is 1.07 bits per heavy atom. The van der Waals surface area contributed by atoms with E-state index in [1.807, 2.05) is 6.20 Å². The average molecular weight is 206 g/mol. The molecule has 1 nitrogen and oxygen atoms in total. The third-order valence-corrected chi connectivity index (χ3v) is 2.77. The molecule has 2 aromatic rings. The van der Waals surface area contributed by atoms with Crippen LogP contribution in [-0.4, -0.2) is 4.98 Å². The summed E-state index contributed by atoms with van der Waals surface area (Å²) in [7, 11) is 0. The highest BCUT2D eigenvalue weighted by Crippen LogP contribution is 2.28. The summed E-state index contributed by atoms with van der Waals surface area (Å²) in [5, 5.41) is 2.89. The molecule has 0 amide bonds. The first-order valence-corrected chi connectivity index (χ1v) is 4.99. The van der Waals surface area contributed by atoms with Crippen LogP contribution in [0.3, 0.4) is 0 Å². The molecule has 1 heterocycles. The molecule has 0 saturated heterocycles. The van der Waals surface area contributed by atoms with Crippen LogP contribution in [-0.2, 0) is 0 Å². The van der Waals surface area contributed by atoms with E-state index in [1.165, 1.54) is 22.1 Å². The topological polar surface area (TPSA) is 12.9 Å². The van der Waals surface area contributed by atoms with Gasteiger partial charge in [0.2, 0.25) is 0 Å². The third kappa shape index (κ3) is 1.38. The number of fused-ring (bicyclic) bond motifs is 1. The van der Waals surface area contributed by atoms with Crippen molar-refractivity contribution in [2.45, 2.75) is 20.8 Å². The molecule has 0 unspecified atom stereocenters. The van der Waals surface area contributed by atoms with Gasteiger partial charge in [0.25, 0.3) is 0 Å². The fraction of sp³-hybridized carbons (Fsp3) is 0.250. The maximum absolute atomic E-state index is 6.08. The number of benzene rings is 1. The largest absolute Gasteiger partial charge is 0.244 e. The van der Waals surface area contributed by atoms with Crippen LogP contribution in [0, 0.1) is 20.8 Å². The minimum absolute atomic E-state index is 0.600. The lowest BCUT2D eigenvalue weighted by atomic mass is 10.0. The lowest BCUT2D eigenvalue weighted by Gasteiger charge is -2.07. The van der Waals surface area contributed by atoms with E-state index in [1.54, 1.807) is 0 Å². The van der Waals surface area contributed by atoms with Gasteiger partial charge in [-0.3, -0.25) is 0 Å². The van der Waals surface area contributed by atoms with Crippen molar-refractivity contribution < 1.29 is 0 Å². The minimum Gasteiger partial charge on any atom is -0.244 e. The predicted octanol–water partition coefficient (Wildman–Crippen LogP) is 3.81. The molecule has 0 bridgehead atoms. The van der Waals surface area contributed by atoms with Gasteiger partial charge in [-0.2, -0.15) is 0 Å². The normalized spacial score (nSPS) is 10.9. The van der Waals surface area contributed by atoms with Crippen molar-refractivity contribution in [3.63, 3.8) is 0 Å². The summed E-state index contributed by atoms with van der Waals surface area (Å²) in [6.07, 6.45) is 1.82. The van der Waals surface area contributed by atoms with Gasteiger partial charge in [0.05, 0.1) is 0 Å². The quantitative estimate of drug-likeness (QED) is 0.596. The Labute approximate surface area is 88.7 Å². The summed E-state index contributed by atoms with van der Waals surface area (Å²) in [5.41, 5.74) is 3.64. The fourth-order valence-corrected chi connectivity index (χ4v) is 2.14. The van der Waals surface area contributed by atoms with E-state index >= 15 is 0 Å². The zero-order chi connectivity index (χ0) is 10.3. The molecular weight excluding hydrogens is 194 g/mol. The first kappa shape index (κ1) is 9.47. The lowest BCUT2D eigenvalue weighted by molar-refractivity contribution is 1.29. The molecule has 0 atom stereocenters. The standard InChI is InChI=1S/C12H12ClN/c1-7-4-8(2)11-10(5-7)9(3)6-14-12(11)13/h4-6H,1-3H3. The van der Waals surface area contributed by atoms with Gasteiger partial charge in [0, 0.05) is 11.6 Å². The van der Waals surface area contributed by atoms with E-state index in [-0.39, 0.29) is 0 Å². The van der Waals surface area contributed by atoms with Crippen molar-refractivity contribution in [3.8, 4) is 0 Å². The highest BCUT2D eigenvalue weighted by molar-refractivity contribution is 6.34. The number of nitrogens with zero attached hydrogens (tertiary/aromatic N) is 1. The lowest BCUT2D eigenvalue weighted by Crippen LogP contribution is -1.88. The highest BCUT2D eigenvalue weighted by atomic mass is 35.5. The second-order valence-corrected chi connectivity index (χ2v) is 4.09. The highest BCUT2D eigenvalue weighted by Gasteiger charge is 2.06. The van der Waals surface area contributed by atoms with Crippen LogP contribution in [0.25, 0.3) is 10.8 Å². The van der Waals surface area contributed by atoms with Crippen molar-refractivity contribution in [3.05, 3.63) is 40.2 Å². The van der Waals surface area contributed by atoms with E-state index in [4.69, 9.17) is 11.6 Å². The van der Waals surface area contributed by atoms with Crippen molar-refractivity contribution in [2.75, 3.05) is 0 Å². The van der Waals surface area contributed by atoms with Gasteiger partial charge in [-0.25, -0.2) is 4.98 Å². The third-order valence-electron chi connectivity index (χ3n) is 2.48. The molecule has 0 spiro atoms. The van der Waals surface area contributed by atoms with Gasteiger partial charge in [-0.15, -0.1) is 0 Å². The molecule has 1 aromatic heterocycles. The molecule has 0 radical (unpaired) electrons. The molecule has 2 heteroatoms. The zero-order valence-corrected chi connectivity index (χ0v) is 9.31. The summed E-state index contributed by atoms with van der Waals surface area (Å²) in [6.45, 7) is 6.23. The first-order chi connectivity index (χ1) is 6.59. The molecule has 0 saturated carbocycles. The molecule has 72 valence electrons. The Morgan fingerprint density at radius 3 is 2.50 bits per heavy atom. The van der Waals surface area contributed by atoms with Gasteiger partial charge in [-0.05, 0) is 37.3 Å². The zero-order valence-electron chi connectivity index (χ0n) is 8.56. The van der Waals surface area contributed by atoms with E-state index in [9.17, 15) is 0 Å². The van der Waals surface area contributed by atoms with Crippen molar-refractivity contribution in [1.82, 2.24) is 4.98 Å². The Hall–Kier alpha value is -1.08. The predicted molar refractivity (Wildman–Crippen MR) is 61.0 cm³/mol. The van der Waals surface area contributed by atoms with Crippen LogP contribution in [0.2, 0.25) is 5.15 Å².